The zero-order valence-electron chi connectivity index (χ0n) is 49.2. The Morgan fingerprint density at radius 2 is 0.536 bits per heavy atom. The molecule has 0 aromatic heterocycles. The molecule has 1 aliphatic carbocycles. The van der Waals surface area contributed by atoms with Crippen LogP contribution in [0.4, 0.5) is 0 Å². The molecule has 0 saturated heterocycles. The highest BCUT2D eigenvalue weighted by Gasteiger charge is 2.25. The summed E-state index contributed by atoms with van der Waals surface area (Å²) in [4.78, 5) is 0. The van der Waals surface area contributed by atoms with Gasteiger partial charge < -0.3 is 0 Å². The Labute approximate surface area is 438 Å². The minimum absolute atomic E-state index is 0.625. The van der Waals surface area contributed by atoms with Crippen LogP contribution >= 0.6 is 0 Å². The lowest BCUT2D eigenvalue weighted by Crippen LogP contribution is -2.10. The van der Waals surface area contributed by atoms with Crippen LogP contribution in [0.5, 0.6) is 0 Å². The van der Waals surface area contributed by atoms with Gasteiger partial charge in [0.2, 0.25) is 0 Å². The molecular weight excluding hydrogens is 831 g/mol. The van der Waals surface area contributed by atoms with Crippen LogP contribution in [0.2, 0.25) is 0 Å². The molecule has 1 rings (SSSR count). The molecule has 0 bridgehead atoms. The van der Waals surface area contributed by atoms with Crippen molar-refractivity contribution >= 4 is 0 Å². The molecule has 0 amide bonds. The number of hydrogen-bond donors (Lipinski definition) is 0. The summed E-state index contributed by atoms with van der Waals surface area (Å²) in [6, 6.07) is 1.93. The maximum Gasteiger partial charge on any atom is 0.0618 e. The van der Waals surface area contributed by atoms with Gasteiger partial charge in [-0.25, -0.2) is 0 Å². The van der Waals surface area contributed by atoms with Gasteiger partial charge in [0.1, 0.15) is 0 Å². The fraction of sp³-hybridized carbons (Fsp3) is 0.926. The molecule has 0 aromatic rings. The highest BCUT2D eigenvalue weighted by molar-refractivity contribution is 5.43. The molecule has 0 radical (unpaired) electrons. The van der Waals surface area contributed by atoms with E-state index < -0.39 is 0 Å². The van der Waals surface area contributed by atoms with Gasteiger partial charge in [-0.05, 0) is 54.6 Å². The van der Waals surface area contributed by atoms with E-state index in [1.54, 1.807) is 0 Å². The molecule has 3 unspecified atom stereocenters. The van der Waals surface area contributed by atoms with E-state index in [1.165, 1.54) is 334 Å². The van der Waals surface area contributed by atoms with Gasteiger partial charge in [-0.15, -0.1) is 0 Å². The highest BCUT2D eigenvalue weighted by Crippen LogP contribution is 2.42. The third kappa shape index (κ3) is 45.3. The number of allylic oxidation sites excluding steroid dienone is 4. The molecule has 3 atom stereocenters. The van der Waals surface area contributed by atoms with Gasteiger partial charge in [0.25, 0.3) is 0 Å². The quantitative estimate of drug-likeness (QED) is 0.0557. The van der Waals surface area contributed by atoms with Crippen molar-refractivity contribution in [1.29, 1.82) is 5.26 Å². The van der Waals surface area contributed by atoms with Crippen molar-refractivity contribution < 1.29 is 0 Å². The molecule has 1 nitrogen and oxygen atoms in total. The Morgan fingerprint density at radius 3 is 0.783 bits per heavy atom. The van der Waals surface area contributed by atoms with Crippen LogP contribution in [0.3, 0.4) is 0 Å². The summed E-state index contributed by atoms with van der Waals surface area (Å²) in [6.07, 6.45) is 78.9. The summed E-state index contributed by atoms with van der Waals surface area (Å²) in [5.41, 5.74) is 5.78. The van der Waals surface area contributed by atoms with Crippen molar-refractivity contribution in [1.82, 2.24) is 0 Å². The van der Waals surface area contributed by atoms with Gasteiger partial charge in [0.15, 0.2) is 0 Å². The predicted octanol–water partition coefficient (Wildman–Crippen LogP) is 25.4. The standard InChI is InChI=1S/C65H126.C3H5N/c1-7-13-19-25-31-34-40-45-51-60(49-43-37-28-22-16-10-4)57-63-55-56-64(58-61(50-44-38-29-23-17-11-5)52-46-41-35-32-26-20-14-8-2)65(63)59-62(53-47-39-30-24-18-12-6)54-48-42-36-33-27-21-15-9-3;1-2-3-4/h55,60-62H,7-54,56-59H2,1-6H3;2H2,1H3. The van der Waals surface area contributed by atoms with Gasteiger partial charge in [-0.3, -0.25) is 0 Å². The van der Waals surface area contributed by atoms with Crippen molar-refractivity contribution in [2.75, 3.05) is 0 Å². The van der Waals surface area contributed by atoms with E-state index in [0.717, 1.165) is 17.8 Å². The van der Waals surface area contributed by atoms with E-state index in [2.05, 4.69) is 47.6 Å². The van der Waals surface area contributed by atoms with E-state index in [1.807, 2.05) is 29.7 Å². The van der Waals surface area contributed by atoms with E-state index >= 15 is 0 Å². The molecule has 408 valence electrons. The third-order valence-corrected chi connectivity index (χ3v) is 16.4. The molecule has 69 heavy (non-hydrogen) atoms. The van der Waals surface area contributed by atoms with E-state index in [4.69, 9.17) is 5.26 Å². The fourth-order valence-corrected chi connectivity index (χ4v) is 11.7. The SMILES string of the molecule is CCC#N.CCCCCCCCCCC(CCCCCCCC)CC1=CCC(CC(CCCCCCCC)CCCCCCCCCC)=C1CC(CCCCCCCC)CCCCCCCCCC. The average Bonchev–Trinajstić information content (AvgIpc) is 3.73. The Hall–Kier alpha value is -1.03. The van der Waals surface area contributed by atoms with Crippen LogP contribution in [-0.4, -0.2) is 0 Å². The topological polar surface area (TPSA) is 23.8 Å². The van der Waals surface area contributed by atoms with E-state index in [9.17, 15) is 0 Å². The highest BCUT2D eigenvalue weighted by atomic mass is 14.3. The first kappa shape index (κ1) is 68.0. The first-order valence-electron chi connectivity index (χ1n) is 32.8. The van der Waals surface area contributed by atoms with Crippen LogP contribution in [0.1, 0.15) is 389 Å². The smallest absolute Gasteiger partial charge is 0.0618 e. The zero-order valence-corrected chi connectivity index (χ0v) is 49.2. The van der Waals surface area contributed by atoms with Crippen molar-refractivity contribution in [3.63, 3.8) is 0 Å². The second-order valence-electron chi connectivity index (χ2n) is 23.2. The van der Waals surface area contributed by atoms with Crippen LogP contribution in [0.25, 0.3) is 0 Å². The van der Waals surface area contributed by atoms with Gasteiger partial charge in [0, 0.05) is 6.42 Å². The lowest BCUT2D eigenvalue weighted by atomic mass is 9.80. The van der Waals surface area contributed by atoms with Crippen molar-refractivity contribution in [2.45, 2.75) is 389 Å². The molecule has 1 aliphatic rings. The van der Waals surface area contributed by atoms with Gasteiger partial charge in [-0.1, -0.05) is 368 Å². The minimum atomic E-state index is 0.625. The Morgan fingerprint density at radius 1 is 0.319 bits per heavy atom. The van der Waals surface area contributed by atoms with E-state index in [0.29, 0.717) is 6.42 Å². The summed E-state index contributed by atoms with van der Waals surface area (Å²) in [5.74, 6) is 2.73. The Kier molecular flexibility index (Phi) is 55.4. The van der Waals surface area contributed by atoms with Crippen molar-refractivity contribution in [3.05, 3.63) is 22.8 Å². The molecule has 0 saturated carbocycles. The maximum atomic E-state index is 7.62. The Bertz CT molecular complexity index is 1110. The number of unbranched alkanes of at least 4 members (excludes halogenated alkanes) is 36. The summed E-state index contributed by atoms with van der Waals surface area (Å²) < 4.78 is 0. The van der Waals surface area contributed by atoms with Gasteiger partial charge in [-0.2, -0.15) is 5.26 Å². The summed E-state index contributed by atoms with van der Waals surface area (Å²) >= 11 is 0. The predicted molar refractivity (Wildman–Crippen MR) is 316 cm³/mol. The summed E-state index contributed by atoms with van der Waals surface area (Å²) in [5, 5.41) is 7.62. The fourth-order valence-electron chi connectivity index (χ4n) is 11.7. The largest absolute Gasteiger partial charge is 0.198 e. The van der Waals surface area contributed by atoms with Crippen LogP contribution in [-0.2, 0) is 0 Å². The summed E-state index contributed by atoms with van der Waals surface area (Å²) in [6.45, 7) is 16.0. The number of nitriles is 1. The first-order valence-corrected chi connectivity index (χ1v) is 32.8. The maximum absolute atomic E-state index is 7.62. The van der Waals surface area contributed by atoms with Gasteiger partial charge >= 0.3 is 0 Å². The lowest BCUT2D eigenvalue weighted by molar-refractivity contribution is 0.383. The normalized spacial score (nSPS) is 13.9. The zero-order chi connectivity index (χ0) is 50.4. The first-order chi connectivity index (χ1) is 34.0. The molecule has 0 aromatic carbocycles. The van der Waals surface area contributed by atoms with Crippen LogP contribution < -0.4 is 0 Å². The van der Waals surface area contributed by atoms with Crippen molar-refractivity contribution in [3.8, 4) is 6.07 Å². The second-order valence-corrected chi connectivity index (χ2v) is 23.2. The van der Waals surface area contributed by atoms with Gasteiger partial charge in [0.05, 0.1) is 6.07 Å². The Balaban J connectivity index is 0.0000111. The molecule has 0 fully saturated rings. The molecule has 0 spiro atoms. The van der Waals surface area contributed by atoms with Crippen molar-refractivity contribution in [2.24, 2.45) is 17.8 Å². The third-order valence-electron chi connectivity index (χ3n) is 16.4. The number of hydrogen-bond acceptors (Lipinski definition) is 1. The van der Waals surface area contributed by atoms with Crippen LogP contribution in [0.15, 0.2) is 22.8 Å². The molecule has 1 heteroatoms. The lowest BCUT2D eigenvalue weighted by Gasteiger charge is -2.25. The monoisotopic (exact) mass is 962 g/mol. The minimum Gasteiger partial charge on any atom is -0.198 e. The second kappa shape index (κ2) is 56.3. The number of rotatable bonds is 54. The van der Waals surface area contributed by atoms with Crippen LogP contribution in [0, 0.1) is 29.1 Å². The molecule has 0 heterocycles. The number of nitrogens with zero attached hydrogens (tertiary/aromatic N) is 1. The molecule has 0 aliphatic heterocycles. The van der Waals surface area contributed by atoms with E-state index in [-0.39, 0.29) is 0 Å². The molecular formula is C68H131N. The molecule has 0 N–H and O–H groups in total. The summed E-state index contributed by atoms with van der Waals surface area (Å²) in [7, 11) is 0. The average molecular weight is 963 g/mol.